The molecule has 0 radical (unpaired) electrons. The van der Waals surface area contributed by atoms with Gasteiger partial charge in [0, 0.05) is 24.0 Å². The van der Waals surface area contributed by atoms with E-state index in [0.29, 0.717) is 11.4 Å². The van der Waals surface area contributed by atoms with Gasteiger partial charge in [0.1, 0.15) is 5.82 Å². The van der Waals surface area contributed by atoms with Crippen LogP contribution in [-0.2, 0) is 0 Å². The van der Waals surface area contributed by atoms with Crippen molar-refractivity contribution in [3.05, 3.63) is 65.6 Å². The third kappa shape index (κ3) is 3.01. The fourth-order valence-corrected chi connectivity index (χ4v) is 3.57. The molecule has 25 heavy (non-hydrogen) atoms. The normalized spacial score (nSPS) is 11.0. The summed E-state index contributed by atoms with van der Waals surface area (Å²) in [5.74, 6) is 0.385. The molecule has 1 N–H and O–H groups in total. The van der Waals surface area contributed by atoms with Crippen molar-refractivity contribution in [3.8, 4) is 5.13 Å². The summed E-state index contributed by atoms with van der Waals surface area (Å²) in [4.78, 5) is 21.0. The zero-order valence-corrected chi connectivity index (χ0v) is 14.5. The molecule has 0 aliphatic heterocycles. The number of carbonyl (C=O) groups excluding carboxylic acids is 1. The van der Waals surface area contributed by atoms with E-state index in [0.717, 1.165) is 21.0 Å². The summed E-state index contributed by atoms with van der Waals surface area (Å²) in [6.07, 6.45) is 3.18. The molecule has 0 aliphatic rings. The molecule has 4 rings (SSSR count). The van der Waals surface area contributed by atoms with Gasteiger partial charge in [-0.2, -0.15) is 9.78 Å². The molecule has 0 saturated heterocycles. The zero-order chi connectivity index (χ0) is 17.4. The number of aryl methyl sites for hydroxylation is 2. The van der Waals surface area contributed by atoms with Crippen molar-refractivity contribution in [2.45, 2.75) is 13.8 Å². The number of aromatic nitrogens is 4. The summed E-state index contributed by atoms with van der Waals surface area (Å²) in [7, 11) is 0. The van der Waals surface area contributed by atoms with Gasteiger partial charge in [-0.1, -0.05) is 17.4 Å². The average molecular weight is 349 g/mol. The van der Waals surface area contributed by atoms with E-state index < -0.39 is 0 Å². The summed E-state index contributed by atoms with van der Waals surface area (Å²) in [6.45, 7) is 3.94. The largest absolute Gasteiger partial charge is 0.306 e. The second kappa shape index (κ2) is 6.10. The molecule has 7 heteroatoms. The Kier molecular flexibility index (Phi) is 3.77. The molecule has 1 aromatic carbocycles. The lowest BCUT2D eigenvalue weighted by Crippen LogP contribution is -2.15. The summed E-state index contributed by atoms with van der Waals surface area (Å²) >= 11 is 1.54. The Morgan fingerprint density at radius 1 is 1.12 bits per heavy atom. The Labute approximate surface area is 148 Å². The first-order chi connectivity index (χ1) is 12.1. The number of benzene rings is 1. The molecule has 0 atom stereocenters. The second-order valence-corrected chi connectivity index (χ2v) is 6.75. The summed E-state index contributed by atoms with van der Waals surface area (Å²) in [5.41, 5.74) is 3.46. The number of hydrogen-bond acceptors (Lipinski definition) is 5. The van der Waals surface area contributed by atoms with Gasteiger partial charge in [-0.3, -0.25) is 9.78 Å². The van der Waals surface area contributed by atoms with Gasteiger partial charge in [-0.25, -0.2) is 4.98 Å². The standard InChI is InChI=1S/C18H15N5OS/c1-11-3-4-14-15(9-11)25-18(20-14)23-16(10-12(2)22-23)21-17(24)13-5-7-19-8-6-13/h3-10H,1-2H3,(H,21,24). The van der Waals surface area contributed by atoms with Crippen molar-refractivity contribution >= 4 is 33.3 Å². The number of rotatable bonds is 3. The third-order valence-corrected chi connectivity index (χ3v) is 4.72. The highest BCUT2D eigenvalue weighted by atomic mass is 32.1. The number of amides is 1. The van der Waals surface area contributed by atoms with E-state index in [2.05, 4.69) is 33.4 Å². The molecule has 124 valence electrons. The Balaban J connectivity index is 1.72. The van der Waals surface area contributed by atoms with E-state index in [1.165, 1.54) is 5.56 Å². The molecule has 3 heterocycles. The van der Waals surface area contributed by atoms with Crippen molar-refractivity contribution in [3.63, 3.8) is 0 Å². The van der Waals surface area contributed by atoms with Gasteiger partial charge in [-0.05, 0) is 43.7 Å². The summed E-state index contributed by atoms with van der Waals surface area (Å²) in [6, 6.07) is 11.3. The smallest absolute Gasteiger partial charge is 0.256 e. The Hall–Kier alpha value is -3.06. The van der Waals surface area contributed by atoms with Crippen molar-refractivity contribution in [2.75, 3.05) is 5.32 Å². The molecule has 0 fully saturated rings. The summed E-state index contributed by atoms with van der Waals surface area (Å²) < 4.78 is 2.77. The fourth-order valence-electron chi connectivity index (χ4n) is 2.54. The highest BCUT2D eigenvalue weighted by Gasteiger charge is 2.15. The molecule has 3 aromatic heterocycles. The van der Waals surface area contributed by atoms with Gasteiger partial charge >= 0.3 is 0 Å². The maximum Gasteiger partial charge on any atom is 0.256 e. The van der Waals surface area contributed by atoms with E-state index in [9.17, 15) is 4.79 Å². The van der Waals surface area contributed by atoms with Crippen LogP contribution in [0, 0.1) is 13.8 Å². The number of anilines is 1. The number of carbonyl (C=O) groups is 1. The lowest BCUT2D eigenvalue weighted by atomic mass is 10.2. The highest BCUT2D eigenvalue weighted by Crippen LogP contribution is 2.28. The van der Waals surface area contributed by atoms with E-state index in [1.807, 2.05) is 25.1 Å². The molecule has 0 bridgehead atoms. The Bertz CT molecular complexity index is 1070. The number of hydrogen-bond donors (Lipinski definition) is 1. The molecular formula is C18H15N5OS. The first-order valence-electron chi connectivity index (χ1n) is 7.76. The monoisotopic (exact) mass is 349 g/mol. The van der Waals surface area contributed by atoms with Crippen LogP contribution < -0.4 is 5.32 Å². The van der Waals surface area contributed by atoms with Crippen LogP contribution in [0.5, 0.6) is 0 Å². The van der Waals surface area contributed by atoms with Crippen LogP contribution in [0.1, 0.15) is 21.6 Å². The predicted octanol–water partition coefficient (Wildman–Crippen LogP) is 3.75. The molecule has 1 amide bonds. The van der Waals surface area contributed by atoms with Crippen LogP contribution in [0.15, 0.2) is 48.8 Å². The first-order valence-corrected chi connectivity index (χ1v) is 8.57. The molecule has 6 nitrogen and oxygen atoms in total. The van der Waals surface area contributed by atoms with Crippen LogP contribution in [0.2, 0.25) is 0 Å². The van der Waals surface area contributed by atoms with Crippen molar-refractivity contribution in [1.82, 2.24) is 19.7 Å². The maximum absolute atomic E-state index is 12.4. The van der Waals surface area contributed by atoms with Crippen molar-refractivity contribution in [2.24, 2.45) is 0 Å². The van der Waals surface area contributed by atoms with Crippen LogP contribution >= 0.6 is 11.3 Å². The van der Waals surface area contributed by atoms with Crippen LogP contribution in [-0.4, -0.2) is 25.7 Å². The van der Waals surface area contributed by atoms with Crippen LogP contribution in [0.25, 0.3) is 15.3 Å². The number of pyridine rings is 1. The predicted molar refractivity (Wildman–Crippen MR) is 98.4 cm³/mol. The molecular weight excluding hydrogens is 334 g/mol. The van der Waals surface area contributed by atoms with Gasteiger partial charge in [0.05, 0.1) is 15.9 Å². The van der Waals surface area contributed by atoms with Crippen molar-refractivity contribution in [1.29, 1.82) is 0 Å². The molecule has 0 unspecified atom stereocenters. The maximum atomic E-state index is 12.4. The average Bonchev–Trinajstić information content (AvgIpc) is 3.18. The zero-order valence-electron chi connectivity index (χ0n) is 13.7. The van der Waals surface area contributed by atoms with E-state index in [1.54, 1.807) is 40.5 Å². The topological polar surface area (TPSA) is 72.7 Å². The van der Waals surface area contributed by atoms with Gasteiger partial charge in [0.15, 0.2) is 0 Å². The summed E-state index contributed by atoms with van der Waals surface area (Å²) in [5, 5.41) is 8.11. The second-order valence-electron chi connectivity index (χ2n) is 5.74. The lowest BCUT2D eigenvalue weighted by molar-refractivity contribution is 0.102. The van der Waals surface area contributed by atoms with Gasteiger partial charge in [-0.15, -0.1) is 0 Å². The number of nitrogens with one attached hydrogen (secondary N) is 1. The molecule has 0 aliphatic carbocycles. The van der Waals surface area contributed by atoms with Crippen molar-refractivity contribution < 1.29 is 4.79 Å². The van der Waals surface area contributed by atoms with E-state index >= 15 is 0 Å². The number of fused-ring (bicyclic) bond motifs is 1. The molecule has 0 spiro atoms. The van der Waals surface area contributed by atoms with Gasteiger partial charge < -0.3 is 5.32 Å². The number of nitrogens with zero attached hydrogens (tertiary/aromatic N) is 4. The minimum Gasteiger partial charge on any atom is -0.306 e. The third-order valence-electron chi connectivity index (χ3n) is 3.73. The van der Waals surface area contributed by atoms with Crippen LogP contribution in [0.4, 0.5) is 5.82 Å². The minimum atomic E-state index is -0.208. The molecule has 0 saturated carbocycles. The van der Waals surface area contributed by atoms with E-state index in [-0.39, 0.29) is 5.91 Å². The van der Waals surface area contributed by atoms with Gasteiger partial charge in [0.25, 0.3) is 5.91 Å². The van der Waals surface area contributed by atoms with E-state index in [4.69, 9.17) is 0 Å². The fraction of sp³-hybridized carbons (Fsp3) is 0.111. The van der Waals surface area contributed by atoms with Crippen LogP contribution in [0.3, 0.4) is 0 Å². The Morgan fingerprint density at radius 2 is 1.92 bits per heavy atom. The molecule has 4 aromatic rings. The van der Waals surface area contributed by atoms with Gasteiger partial charge in [0.2, 0.25) is 5.13 Å². The Morgan fingerprint density at radius 3 is 2.72 bits per heavy atom. The first kappa shape index (κ1) is 15.5. The highest BCUT2D eigenvalue weighted by molar-refractivity contribution is 7.20. The minimum absolute atomic E-state index is 0.208. The number of thiazole rings is 1. The quantitative estimate of drug-likeness (QED) is 0.611. The SMILES string of the molecule is Cc1ccc2nc(-n3nc(C)cc3NC(=O)c3ccncc3)sc2c1. The lowest BCUT2D eigenvalue weighted by Gasteiger charge is -2.06.